The quantitative estimate of drug-likeness (QED) is 0.0875. The lowest BCUT2D eigenvalue weighted by molar-refractivity contribution is 0.358. The van der Waals surface area contributed by atoms with E-state index in [1.54, 1.807) is 0 Å². The lowest BCUT2D eigenvalue weighted by Gasteiger charge is -2.36. The highest BCUT2D eigenvalue weighted by molar-refractivity contribution is 5.64. The summed E-state index contributed by atoms with van der Waals surface area (Å²) >= 11 is 0. The summed E-state index contributed by atoms with van der Waals surface area (Å²) in [5, 5.41) is 0. The highest BCUT2D eigenvalue weighted by Gasteiger charge is 2.24. The molecule has 70 heavy (non-hydrogen) atoms. The first kappa shape index (κ1) is 48.4. The maximum Gasteiger partial charge on any atom is 0.127 e. The topological polar surface area (TPSA) is 24.9 Å². The summed E-state index contributed by atoms with van der Waals surface area (Å²) in [6, 6.07) is 38.8. The molecule has 3 unspecified atom stereocenters. The maximum atomic E-state index is 6.19. The maximum absolute atomic E-state index is 6.19. The van der Waals surface area contributed by atoms with Gasteiger partial charge in [-0.3, -0.25) is 0 Å². The zero-order chi connectivity index (χ0) is 48.5. The van der Waals surface area contributed by atoms with Gasteiger partial charge < -0.3 is 19.3 Å². The van der Waals surface area contributed by atoms with Crippen LogP contribution in [0, 0.1) is 5.92 Å². The molecule has 4 aliphatic rings. The summed E-state index contributed by atoms with van der Waals surface area (Å²) in [5.41, 5.74) is 11.1. The lowest BCUT2D eigenvalue weighted by Crippen LogP contribution is -2.32. The van der Waals surface area contributed by atoms with Crippen molar-refractivity contribution >= 4 is 5.69 Å². The van der Waals surface area contributed by atoms with Crippen LogP contribution >= 0.6 is 0 Å². The van der Waals surface area contributed by atoms with Crippen LogP contribution in [0.3, 0.4) is 0 Å². The standard InChI is InChI=1S/C66H64N2O2/c1-6-59(25-19-22-54-20-11-7-12-21-54)67(61-42-46-65(47-43-61)69-63-26-15-9-16-27-63)52(4)32-30-50(2)55-34-36-56(37-35-55)51(3)31-33-53(5)68(60-40-38-58(39-41-60)57-23-13-8-14-24-57)62-44-48-66(49-45-62)70-64-28-17-10-18-29-64/h6-20,22-34,36,38,40-44,46-49,54,58,62H,1-2,4,21,35,37,39,45H2,3,5H3/b22-19+,32-30-,51-31+,53-33+,59-25+. The van der Waals surface area contributed by atoms with Gasteiger partial charge in [0.2, 0.25) is 0 Å². The molecular formula is C66H64N2O2. The zero-order valence-electron chi connectivity index (χ0n) is 40.6. The molecule has 0 radical (unpaired) electrons. The second kappa shape index (κ2) is 24.3. The Morgan fingerprint density at radius 2 is 1.33 bits per heavy atom. The third-order valence-electron chi connectivity index (χ3n) is 12.9. The number of para-hydroxylation sites is 2. The van der Waals surface area contributed by atoms with Crippen LogP contribution in [0.15, 0.2) is 307 Å². The number of ether oxygens (including phenoxy) is 2. The normalized spacial score (nSPS) is 19.3. The summed E-state index contributed by atoms with van der Waals surface area (Å²) in [5.74, 6) is 3.99. The van der Waals surface area contributed by atoms with Crippen molar-refractivity contribution < 1.29 is 9.47 Å². The molecule has 0 saturated heterocycles. The molecule has 0 fully saturated rings. The molecule has 3 atom stereocenters. The number of allylic oxidation sites excluding steroid dienone is 23. The van der Waals surface area contributed by atoms with Crippen LogP contribution in [0.5, 0.6) is 17.2 Å². The van der Waals surface area contributed by atoms with E-state index in [0.717, 1.165) is 77.8 Å². The van der Waals surface area contributed by atoms with Gasteiger partial charge in [-0.2, -0.15) is 0 Å². The summed E-state index contributed by atoms with van der Waals surface area (Å²) in [6.07, 6.45) is 48.3. The van der Waals surface area contributed by atoms with Gasteiger partial charge in [0.05, 0.1) is 6.04 Å². The number of anilines is 1. The summed E-state index contributed by atoms with van der Waals surface area (Å²) < 4.78 is 12.3. The molecule has 4 nitrogen and oxygen atoms in total. The Hall–Kier alpha value is -8.08. The summed E-state index contributed by atoms with van der Waals surface area (Å²) in [4.78, 5) is 4.59. The third kappa shape index (κ3) is 13.1. The van der Waals surface area contributed by atoms with Crippen molar-refractivity contribution in [1.29, 1.82) is 0 Å². The highest BCUT2D eigenvalue weighted by atomic mass is 16.5. The second-order valence-electron chi connectivity index (χ2n) is 17.8. The van der Waals surface area contributed by atoms with E-state index in [9.17, 15) is 0 Å². The fourth-order valence-electron chi connectivity index (χ4n) is 8.96. The predicted molar refractivity (Wildman–Crippen MR) is 295 cm³/mol. The largest absolute Gasteiger partial charge is 0.458 e. The van der Waals surface area contributed by atoms with Crippen molar-refractivity contribution in [2.24, 2.45) is 5.92 Å². The molecule has 4 aromatic rings. The molecule has 0 saturated carbocycles. The SMILES string of the molecule is C=C/C(=C\C=C\C1C=CC=CC1)N(C(=C)/C=C\C(=C)C1=CC=C(/C(C)=C/C=C(\C)N(C2=CCC(c3ccccc3)C=C2)C2C=CC(Oc3ccccc3)=CC2)CC1)c1ccc(Oc2ccccc2)cc1. The Bertz CT molecular complexity index is 2910. The van der Waals surface area contributed by atoms with Crippen molar-refractivity contribution in [2.75, 3.05) is 4.90 Å². The Kier molecular flexibility index (Phi) is 16.8. The molecule has 4 heteroatoms. The van der Waals surface area contributed by atoms with Crippen LogP contribution in [-0.4, -0.2) is 10.9 Å². The van der Waals surface area contributed by atoms with Crippen LogP contribution in [0.1, 0.15) is 57.4 Å². The van der Waals surface area contributed by atoms with Crippen LogP contribution in [0.4, 0.5) is 5.69 Å². The van der Waals surface area contributed by atoms with Crippen molar-refractivity contribution in [3.05, 3.63) is 313 Å². The Labute approximate surface area is 417 Å². The molecule has 0 spiro atoms. The van der Waals surface area contributed by atoms with E-state index < -0.39 is 0 Å². The van der Waals surface area contributed by atoms with Gasteiger partial charge >= 0.3 is 0 Å². The average Bonchev–Trinajstić information content (AvgIpc) is 3.41. The fraction of sp³-hybridized carbons (Fsp3) is 0.152. The number of hydrogen-bond donors (Lipinski definition) is 0. The lowest BCUT2D eigenvalue weighted by atomic mass is 9.90. The predicted octanol–water partition coefficient (Wildman–Crippen LogP) is 17.4. The molecule has 8 rings (SSSR count). The molecule has 0 bridgehead atoms. The number of rotatable bonds is 19. The molecule has 0 heterocycles. The summed E-state index contributed by atoms with van der Waals surface area (Å²) in [7, 11) is 0. The molecule has 350 valence electrons. The first-order valence-corrected chi connectivity index (χ1v) is 24.4. The Morgan fingerprint density at radius 1 is 0.643 bits per heavy atom. The van der Waals surface area contributed by atoms with E-state index >= 15 is 0 Å². The average molecular weight is 917 g/mol. The molecular weight excluding hydrogens is 853 g/mol. The minimum absolute atomic E-state index is 0.150. The van der Waals surface area contributed by atoms with Crippen molar-refractivity contribution in [1.82, 2.24) is 4.90 Å². The summed E-state index contributed by atoms with van der Waals surface area (Å²) in [6.45, 7) is 17.7. The highest BCUT2D eigenvalue weighted by Crippen LogP contribution is 2.35. The van der Waals surface area contributed by atoms with Crippen molar-refractivity contribution in [3.8, 4) is 17.2 Å². The number of benzene rings is 4. The van der Waals surface area contributed by atoms with Crippen LogP contribution in [0.2, 0.25) is 0 Å². The monoisotopic (exact) mass is 916 g/mol. The van der Waals surface area contributed by atoms with E-state index in [4.69, 9.17) is 9.47 Å². The van der Waals surface area contributed by atoms with Gasteiger partial charge in [-0.15, -0.1) is 0 Å². The van der Waals surface area contributed by atoms with E-state index in [0.29, 0.717) is 11.8 Å². The molecule has 0 amide bonds. The van der Waals surface area contributed by atoms with Gasteiger partial charge in [0, 0.05) is 34.4 Å². The fourth-order valence-corrected chi connectivity index (χ4v) is 8.96. The number of hydrogen-bond acceptors (Lipinski definition) is 4. The smallest absolute Gasteiger partial charge is 0.127 e. The van der Waals surface area contributed by atoms with Gasteiger partial charge in [0.1, 0.15) is 23.0 Å². The van der Waals surface area contributed by atoms with Gasteiger partial charge in [0.25, 0.3) is 0 Å². The molecule has 0 aliphatic heterocycles. The van der Waals surface area contributed by atoms with Gasteiger partial charge in [-0.05, 0) is 171 Å². The number of nitrogens with zero attached hydrogens (tertiary/aromatic N) is 2. The second-order valence-corrected chi connectivity index (χ2v) is 17.8. The van der Waals surface area contributed by atoms with Crippen LogP contribution in [-0.2, 0) is 0 Å². The van der Waals surface area contributed by atoms with E-state index in [2.05, 4.69) is 195 Å². The first-order valence-electron chi connectivity index (χ1n) is 24.4. The minimum atomic E-state index is 0.150. The van der Waals surface area contributed by atoms with Crippen LogP contribution < -0.4 is 14.4 Å². The molecule has 4 aliphatic carbocycles. The Morgan fingerprint density at radius 3 is 1.96 bits per heavy atom. The molecule has 4 aromatic carbocycles. The van der Waals surface area contributed by atoms with E-state index in [1.165, 1.54) is 33.7 Å². The first-order chi connectivity index (χ1) is 34.3. The third-order valence-corrected chi connectivity index (χ3v) is 12.9. The van der Waals surface area contributed by atoms with Gasteiger partial charge in [-0.1, -0.05) is 165 Å². The Balaban J connectivity index is 0.964. The van der Waals surface area contributed by atoms with Crippen LogP contribution in [0.25, 0.3) is 0 Å². The molecule has 0 N–H and O–H groups in total. The van der Waals surface area contributed by atoms with E-state index in [-0.39, 0.29) is 6.04 Å². The zero-order valence-corrected chi connectivity index (χ0v) is 40.6. The van der Waals surface area contributed by atoms with Gasteiger partial charge in [-0.25, -0.2) is 0 Å². The minimum Gasteiger partial charge on any atom is -0.458 e. The van der Waals surface area contributed by atoms with E-state index in [1.807, 2.05) is 84.9 Å². The van der Waals surface area contributed by atoms with Crippen molar-refractivity contribution in [3.63, 3.8) is 0 Å². The van der Waals surface area contributed by atoms with Crippen molar-refractivity contribution in [2.45, 2.75) is 57.9 Å². The molecule has 0 aromatic heterocycles. The van der Waals surface area contributed by atoms with Gasteiger partial charge in [0.15, 0.2) is 0 Å².